The minimum absolute atomic E-state index is 0.138. The normalized spacial score (nSPS) is 11.8. The first-order valence-corrected chi connectivity index (χ1v) is 8.39. The summed E-state index contributed by atoms with van der Waals surface area (Å²) < 4.78 is 48.7. The SMILES string of the molecule is CNc1cc(Oc2cccc3c2ccn3-c2cnn(C)c2)nc(C(F)(F)F)c1. The summed E-state index contributed by atoms with van der Waals surface area (Å²) in [6.45, 7) is 0. The molecule has 6 nitrogen and oxygen atoms in total. The second-order valence-corrected chi connectivity index (χ2v) is 6.18. The molecule has 144 valence electrons. The molecule has 28 heavy (non-hydrogen) atoms. The number of hydrogen-bond acceptors (Lipinski definition) is 4. The first kappa shape index (κ1) is 17.9. The van der Waals surface area contributed by atoms with E-state index in [1.54, 1.807) is 23.0 Å². The maximum absolute atomic E-state index is 13.1. The Kier molecular flexibility index (Phi) is 4.21. The first-order chi connectivity index (χ1) is 13.3. The van der Waals surface area contributed by atoms with E-state index in [2.05, 4.69) is 15.4 Å². The molecule has 0 aliphatic heterocycles. The van der Waals surface area contributed by atoms with Crippen molar-refractivity contribution in [3.05, 3.63) is 60.7 Å². The van der Waals surface area contributed by atoms with Gasteiger partial charge in [0, 0.05) is 43.6 Å². The average molecular weight is 387 g/mol. The van der Waals surface area contributed by atoms with Gasteiger partial charge in [-0.25, -0.2) is 4.98 Å². The topological polar surface area (TPSA) is 56.9 Å². The zero-order chi connectivity index (χ0) is 19.9. The van der Waals surface area contributed by atoms with Crippen molar-refractivity contribution in [2.24, 2.45) is 7.05 Å². The van der Waals surface area contributed by atoms with Gasteiger partial charge < -0.3 is 14.6 Å². The molecule has 0 aliphatic carbocycles. The van der Waals surface area contributed by atoms with Crippen LogP contribution in [0.1, 0.15) is 5.69 Å². The number of benzene rings is 1. The second kappa shape index (κ2) is 6.59. The average Bonchev–Trinajstić information content (AvgIpc) is 3.27. The molecule has 0 spiro atoms. The van der Waals surface area contributed by atoms with E-state index in [-0.39, 0.29) is 11.6 Å². The first-order valence-electron chi connectivity index (χ1n) is 8.39. The Balaban J connectivity index is 1.76. The monoisotopic (exact) mass is 387 g/mol. The fraction of sp³-hybridized carbons (Fsp3) is 0.158. The molecule has 0 amide bonds. The molecule has 3 aromatic heterocycles. The fourth-order valence-corrected chi connectivity index (χ4v) is 2.95. The van der Waals surface area contributed by atoms with Crippen molar-refractivity contribution in [1.29, 1.82) is 0 Å². The lowest BCUT2D eigenvalue weighted by molar-refractivity contribution is -0.141. The van der Waals surface area contributed by atoms with Crippen molar-refractivity contribution in [3.8, 4) is 17.3 Å². The van der Waals surface area contributed by atoms with Crippen molar-refractivity contribution < 1.29 is 17.9 Å². The summed E-state index contributed by atoms with van der Waals surface area (Å²) in [7, 11) is 3.36. The number of anilines is 1. The molecular weight excluding hydrogens is 371 g/mol. The van der Waals surface area contributed by atoms with Gasteiger partial charge in [0.25, 0.3) is 0 Å². The number of aromatic nitrogens is 4. The van der Waals surface area contributed by atoms with E-state index < -0.39 is 11.9 Å². The van der Waals surface area contributed by atoms with Gasteiger partial charge in [-0.05, 0) is 24.3 Å². The van der Waals surface area contributed by atoms with Gasteiger partial charge in [0.15, 0.2) is 5.69 Å². The molecule has 4 rings (SSSR count). The van der Waals surface area contributed by atoms with E-state index in [9.17, 15) is 13.2 Å². The number of aryl methyl sites for hydroxylation is 1. The van der Waals surface area contributed by atoms with Gasteiger partial charge in [-0.1, -0.05) is 6.07 Å². The van der Waals surface area contributed by atoms with E-state index in [0.717, 1.165) is 22.7 Å². The minimum Gasteiger partial charge on any atom is -0.438 e. The third-order valence-electron chi connectivity index (χ3n) is 4.26. The smallest absolute Gasteiger partial charge is 0.433 e. The number of nitrogens with zero attached hydrogens (tertiary/aromatic N) is 4. The van der Waals surface area contributed by atoms with Gasteiger partial charge in [0.1, 0.15) is 5.75 Å². The summed E-state index contributed by atoms with van der Waals surface area (Å²) in [4.78, 5) is 3.62. The highest BCUT2D eigenvalue weighted by Crippen LogP contribution is 2.35. The number of fused-ring (bicyclic) bond motifs is 1. The molecule has 0 unspecified atom stereocenters. The number of pyridine rings is 1. The van der Waals surface area contributed by atoms with Crippen LogP contribution < -0.4 is 10.1 Å². The standard InChI is InChI=1S/C19H16F3N5O/c1-23-12-8-17(19(20,21)22)25-18(9-12)28-16-5-3-4-15-14(16)6-7-27(15)13-10-24-26(2)11-13/h3-11H,1-2H3,(H,23,25). The van der Waals surface area contributed by atoms with Gasteiger partial charge in [-0.15, -0.1) is 0 Å². The molecule has 4 aromatic rings. The van der Waals surface area contributed by atoms with Gasteiger partial charge in [-0.2, -0.15) is 18.3 Å². The molecule has 0 saturated heterocycles. The van der Waals surface area contributed by atoms with Crippen molar-refractivity contribution in [1.82, 2.24) is 19.3 Å². The van der Waals surface area contributed by atoms with E-state index in [1.807, 2.05) is 36.1 Å². The summed E-state index contributed by atoms with van der Waals surface area (Å²) >= 11 is 0. The lowest BCUT2D eigenvalue weighted by Gasteiger charge is -2.12. The Labute approximate surface area is 158 Å². The zero-order valence-electron chi connectivity index (χ0n) is 15.0. The second-order valence-electron chi connectivity index (χ2n) is 6.18. The molecule has 1 N–H and O–H groups in total. The summed E-state index contributed by atoms with van der Waals surface area (Å²) in [6.07, 6.45) is 0.870. The highest BCUT2D eigenvalue weighted by Gasteiger charge is 2.33. The van der Waals surface area contributed by atoms with Crippen molar-refractivity contribution in [3.63, 3.8) is 0 Å². The molecule has 1 aromatic carbocycles. The molecule has 0 atom stereocenters. The Morgan fingerprint density at radius 1 is 1.14 bits per heavy atom. The third-order valence-corrected chi connectivity index (χ3v) is 4.26. The fourth-order valence-electron chi connectivity index (χ4n) is 2.95. The van der Waals surface area contributed by atoms with Gasteiger partial charge >= 0.3 is 6.18 Å². The summed E-state index contributed by atoms with van der Waals surface area (Å²) in [5.74, 6) is 0.273. The molecule has 3 heterocycles. The number of rotatable bonds is 4. The molecule has 0 fully saturated rings. The van der Waals surface area contributed by atoms with Crippen LogP contribution in [0.3, 0.4) is 0 Å². The zero-order valence-corrected chi connectivity index (χ0v) is 15.0. The Morgan fingerprint density at radius 2 is 1.96 bits per heavy atom. The van der Waals surface area contributed by atoms with Gasteiger partial charge in [-0.3, -0.25) is 4.68 Å². The molecule has 0 bridgehead atoms. The summed E-state index contributed by atoms with van der Waals surface area (Å²) in [6, 6.07) is 9.56. The lowest BCUT2D eigenvalue weighted by Crippen LogP contribution is -2.09. The molecule has 0 aliphatic rings. The summed E-state index contributed by atoms with van der Waals surface area (Å²) in [5.41, 5.74) is 0.947. The van der Waals surface area contributed by atoms with E-state index in [4.69, 9.17) is 4.74 Å². The number of hydrogen-bond donors (Lipinski definition) is 1. The van der Waals surface area contributed by atoms with Crippen molar-refractivity contribution >= 4 is 16.6 Å². The molecule has 0 saturated carbocycles. The molecular formula is C19H16F3N5O. The summed E-state index contributed by atoms with van der Waals surface area (Å²) in [5, 5.41) is 7.61. The maximum Gasteiger partial charge on any atom is 0.433 e. The number of nitrogens with one attached hydrogen (secondary N) is 1. The Hall–Kier alpha value is -3.49. The lowest BCUT2D eigenvalue weighted by atomic mass is 10.2. The molecule has 0 radical (unpaired) electrons. The van der Waals surface area contributed by atoms with Crippen molar-refractivity contribution in [2.75, 3.05) is 12.4 Å². The third kappa shape index (κ3) is 3.26. The van der Waals surface area contributed by atoms with Crippen LogP contribution in [-0.4, -0.2) is 26.4 Å². The van der Waals surface area contributed by atoms with Gasteiger partial charge in [0.2, 0.25) is 5.88 Å². The number of halogens is 3. The van der Waals surface area contributed by atoms with Crippen molar-refractivity contribution in [2.45, 2.75) is 6.18 Å². The van der Waals surface area contributed by atoms with Crippen LogP contribution in [-0.2, 0) is 13.2 Å². The Bertz CT molecular complexity index is 1150. The minimum atomic E-state index is -4.57. The predicted molar refractivity (Wildman–Crippen MR) is 98.9 cm³/mol. The van der Waals surface area contributed by atoms with Crippen LogP contribution in [0, 0.1) is 0 Å². The number of ether oxygens (including phenoxy) is 1. The van der Waals surface area contributed by atoms with Crippen LogP contribution in [0.2, 0.25) is 0 Å². The van der Waals surface area contributed by atoms with E-state index in [0.29, 0.717) is 5.75 Å². The predicted octanol–water partition coefficient (Wildman–Crippen LogP) is 4.61. The van der Waals surface area contributed by atoms with Crippen LogP contribution >= 0.6 is 0 Å². The largest absolute Gasteiger partial charge is 0.438 e. The maximum atomic E-state index is 13.1. The van der Waals surface area contributed by atoms with Gasteiger partial charge in [0.05, 0.1) is 17.4 Å². The van der Waals surface area contributed by atoms with E-state index >= 15 is 0 Å². The Morgan fingerprint density at radius 3 is 2.64 bits per heavy atom. The van der Waals surface area contributed by atoms with Crippen LogP contribution in [0.25, 0.3) is 16.6 Å². The molecule has 9 heteroatoms. The quantitative estimate of drug-likeness (QED) is 0.556. The van der Waals surface area contributed by atoms with Crippen LogP contribution in [0.15, 0.2) is 55.0 Å². The van der Waals surface area contributed by atoms with Crippen LogP contribution in [0.5, 0.6) is 11.6 Å². The van der Waals surface area contributed by atoms with Crippen LogP contribution in [0.4, 0.5) is 18.9 Å². The highest BCUT2D eigenvalue weighted by atomic mass is 19.4. The highest BCUT2D eigenvalue weighted by molar-refractivity contribution is 5.88. The van der Waals surface area contributed by atoms with E-state index in [1.165, 1.54) is 13.1 Å². The number of alkyl halides is 3.